The molecule has 0 atom stereocenters. The van der Waals surface area contributed by atoms with E-state index >= 15 is 0 Å². The van der Waals surface area contributed by atoms with Gasteiger partial charge in [-0.1, -0.05) is 12.1 Å². The average Bonchev–Trinajstić information content (AvgIpc) is 2.77. The van der Waals surface area contributed by atoms with Crippen molar-refractivity contribution in [1.82, 2.24) is 9.38 Å². The predicted molar refractivity (Wildman–Crippen MR) is 81.1 cm³/mol. The molecule has 0 saturated carbocycles. The summed E-state index contributed by atoms with van der Waals surface area (Å²) in [6, 6.07) is 11.2. The Morgan fingerprint density at radius 2 is 2.00 bits per heavy atom. The molecule has 21 heavy (non-hydrogen) atoms. The number of nitrogens with two attached hydrogens (primary N) is 1. The van der Waals surface area contributed by atoms with Crippen molar-refractivity contribution in [1.29, 1.82) is 0 Å². The Hall–Kier alpha value is -2.82. The molecule has 0 saturated heterocycles. The first-order chi connectivity index (χ1) is 10.0. The van der Waals surface area contributed by atoms with Gasteiger partial charge >= 0.3 is 5.97 Å². The molecule has 0 aliphatic heterocycles. The number of carboxylic acids is 1. The van der Waals surface area contributed by atoms with E-state index in [9.17, 15) is 4.79 Å². The number of fused-ring (bicyclic) bond motifs is 1. The summed E-state index contributed by atoms with van der Waals surface area (Å²) in [5, 5.41) is 9.15. The third-order valence-electron chi connectivity index (χ3n) is 3.38. The summed E-state index contributed by atoms with van der Waals surface area (Å²) >= 11 is 0. The van der Waals surface area contributed by atoms with E-state index in [1.54, 1.807) is 12.1 Å². The number of aromatic nitrogens is 2. The maximum atomic E-state index is 11.2. The molecule has 0 radical (unpaired) electrons. The molecule has 0 aliphatic rings. The summed E-state index contributed by atoms with van der Waals surface area (Å²) < 4.78 is 1.83. The highest BCUT2D eigenvalue weighted by molar-refractivity contribution is 5.76. The van der Waals surface area contributed by atoms with Crippen LogP contribution in [0.15, 0.2) is 42.6 Å². The topological polar surface area (TPSA) is 80.6 Å². The molecule has 2 heterocycles. The summed E-state index contributed by atoms with van der Waals surface area (Å²) in [6.45, 7) is 1.98. The number of nitrogens with zero attached hydrogens (tertiary/aromatic N) is 2. The van der Waals surface area contributed by atoms with E-state index in [0.717, 1.165) is 16.8 Å². The van der Waals surface area contributed by atoms with Crippen molar-refractivity contribution in [3.8, 4) is 11.3 Å². The molecule has 106 valence electrons. The minimum Gasteiger partial charge on any atom is -0.481 e. The van der Waals surface area contributed by atoms with Gasteiger partial charge in [0.1, 0.15) is 5.65 Å². The Morgan fingerprint density at radius 3 is 2.67 bits per heavy atom. The van der Waals surface area contributed by atoms with E-state index in [1.165, 1.54) is 0 Å². The van der Waals surface area contributed by atoms with E-state index in [2.05, 4.69) is 4.98 Å². The van der Waals surface area contributed by atoms with E-state index in [0.29, 0.717) is 17.1 Å². The number of pyridine rings is 1. The van der Waals surface area contributed by atoms with Crippen LogP contribution in [0.4, 0.5) is 5.69 Å². The van der Waals surface area contributed by atoms with E-state index in [1.807, 2.05) is 41.8 Å². The van der Waals surface area contributed by atoms with Crippen LogP contribution in [0.3, 0.4) is 0 Å². The van der Waals surface area contributed by atoms with Gasteiger partial charge in [-0.2, -0.15) is 0 Å². The number of nitrogen functional groups attached to an aromatic ring is 1. The third kappa shape index (κ3) is 2.45. The lowest BCUT2D eigenvalue weighted by atomic mass is 10.1. The number of imidazole rings is 1. The Kier molecular flexibility index (Phi) is 3.10. The number of hydrogen-bond donors (Lipinski definition) is 2. The highest BCUT2D eigenvalue weighted by Gasteiger charge is 2.16. The van der Waals surface area contributed by atoms with Gasteiger partial charge in [0.25, 0.3) is 0 Å². The van der Waals surface area contributed by atoms with Crippen molar-refractivity contribution < 1.29 is 9.90 Å². The fraction of sp³-hybridized carbons (Fsp3) is 0.125. The number of aryl methyl sites for hydroxylation is 1. The SMILES string of the molecule is Cc1ccn2c(CC(=O)O)c(-c3ccc(N)cc3)nc2c1. The monoisotopic (exact) mass is 281 g/mol. The number of rotatable bonds is 3. The molecule has 1 aromatic carbocycles. The summed E-state index contributed by atoms with van der Waals surface area (Å²) in [5.41, 5.74) is 10.4. The smallest absolute Gasteiger partial charge is 0.309 e. The Labute approximate surface area is 121 Å². The number of aliphatic carboxylic acids is 1. The molecule has 3 aromatic rings. The molecule has 3 N–H and O–H groups in total. The van der Waals surface area contributed by atoms with Crippen LogP contribution >= 0.6 is 0 Å². The fourth-order valence-electron chi connectivity index (χ4n) is 2.38. The first-order valence-electron chi connectivity index (χ1n) is 6.60. The number of benzene rings is 1. The van der Waals surface area contributed by atoms with Crippen molar-refractivity contribution in [2.75, 3.05) is 5.73 Å². The Bertz CT molecular complexity index is 819. The average molecular weight is 281 g/mol. The zero-order valence-corrected chi connectivity index (χ0v) is 11.6. The first kappa shape index (κ1) is 13.2. The minimum absolute atomic E-state index is 0.0794. The molecule has 3 rings (SSSR count). The minimum atomic E-state index is -0.880. The van der Waals surface area contributed by atoms with Crippen molar-refractivity contribution >= 4 is 17.3 Å². The predicted octanol–water partition coefficient (Wildman–Crippen LogP) is 2.52. The molecule has 0 spiro atoms. The van der Waals surface area contributed by atoms with Crippen molar-refractivity contribution in [2.45, 2.75) is 13.3 Å². The van der Waals surface area contributed by atoms with Crippen LogP contribution in [-0.2, 0) is 11.2 Å². The number of hydrogen-bond acceptors (Lipinski definition) is 3. The highest BCUT2D eigenvalue weighted by atomic mass is 16.4. The molecule has 2 aromatic heterocycles. The molecule has 0 amide bonds. The van der Waals surface area contributed by atoms with Gasteiger partial charge < -0.3 is 15.2 Å². The Balaban J connectivity index is 2.24. The summed E-state index contributed by atoms with van der Waals surface area (Å²) in [5.74, 6) is -0.880. The maximum Gasteiger partial charge on any atom is 0.309 e. The van der Waals surface area contributed by atoms with Crippen LogP contribution in [0.2, 0.25) is 0 Å². The summed E-state index contributed by atoms with van der Waals surface area (Å²) in [7, 11) is 0. The summed E-state index contributed by atoms with van der Waals surface area (Å²) in [4.78, 5) is 15.7. The summed E-state index contributed by atoms with van der Waals surface area (Å²) in [6.07, 6.45) is 1.78. The van der Waals surface area contributed by atoms with Gasteiger partial charge in [0.05, 0.1) is 17.8 Å². The van der Waals surface area contributed by atoms with E-state index in [-0.39, 0.29) is 6.42 Å². The van der Waals surface area contributed by atoms with Crippen LogP contribution in [0, 0.1) is 6.92 Å². The van der Waals surface area contributed by atoms with Crippen LogP contribution in [0.1, 0.15) is 11.3 Å². The second-order valence-electron chi connectivity index (χ2n) is 5.03. The lowest BCUT2D eigenvalue weighted by Crippen LogP contribution is -2.04. The molecule has 0 bridgehead atoms. The quantitative estimate of drug-likeness (QED) is 0.723. The van der Waals surface area contributed by atoms with Gasteiger partial charge in [0, 0.05) is 17.4 Å². The number of carboxylic acid groups (broad SMARTS) is 1. The third-order valence-corrected chi connectivity index (χ3v) is 3.38. The van der Waals surface area contributed by atoms with Gasteiger partial charge in [-0.05, 0) is 36.8 Å². The molecule has 5 nitrogen and oxygen atoms in total. The standard InChI is InChI=1S/C16H15N3O2/c1-10-6-7-19-13(9-15(20)21)16(18-14(19)8-10)11-2-4-12(17)5-3-11/h2-8H,9,17H2,1H3,(H,20,21). The van der Waals surface area contributed by atoms with Gasteiger partial charge in [0.2, 0.25) is 0 Å². The molecular weight excluding hydrogens is 266 g/mol. The second kappa shape index (κ2) is 4.94. The number of carbonyl (C=O) groups is 1. The van der Waals surface area contributed by atoms with Crippen molar-refractivity contribution in [3.05, 3.63) is 53.9 Å². The molecule has 0 unspecified atom stereocenters. The van der Waals surface area contributed by atoms with E-state index in [4.69, 9.17) is 10.8 Å². The van der Waals surface area contributed by atoms with E-state index < -0.39 is 5.97 Å². The molecule has 5 heteroatoms. The molecular formula is C16H15N3O2. The van der Waals surface area contributed by atoms with Crippen molar-refractivity contribution in [2.24, 2.45) is 0 Å². The zero-order valence-electron chi connectivity index (χ0n) is 11.6. The van der Waals surface area contributed by atoms with Crippen LogP contribution in [0.25, 0.3) is 16.9 Å². The van der Waals surface area contributed by atoms with Gasteiger partial charge in [-0.3, -0.25) is 4.79 Å². The van der Waals surface area contributed by atoms with Crippen LogP contribution < -0.4 is 5.73 Å². The maximum absolute atomic E-state index is 11.2. The first-order valence-corrected chi connectivity index (χ1v) is 6.60. The number of anilines is 1. The Morgan fingerprint density at radius 1 is 1.29 bits per heavy atom. The van der Waals surface area contributed by atoms with Crippen molar-refractivity contribution in [3.63, 3.8) is 0 Å². The van der Waals surface area contributed by atoms with Crippen LogP contribution in [0.5, 0.6) is 0 Å². The lowest BCUT2D eigenvalue weighted by Gasteiger charge is -2.03. The van der Waals surface area contributed by atoms with Gasteiger partial charge in [-0.15, -0.1) is 0 Å². The van der Waals surface area contributed by atoms with Crippen LogP contribution in [-0.4, -0.2) is 20.5 Å². The molecule has 0 fully saturated rings. The highest BCUT2D eigenvalue weighted by Crippen LogP contribution is 2.26. The largest absolute Gasteiger partial charge is 0.481 e. The fourth-order valence-corrected chi connectivity index (χ4v) is 2.38. The zero-order chi connectivity index (χ0) is 15.0. The molecule has 0 aliphatic carbocycles. The van der Waals surface area contributed by atoms with Gasteiger partial charge in [0.15, 0.2) is 0 Å². The second-order valence-corrected chi connectivity index (χ2v) is 5.03. The normalized spacial score (nSPS) is 10.9. The lowest BCUT2D eigenvalue weighted by molar-refractivity contribution is -0.136. The van der Waals surface area contributed by atoms with Gasteiger partial charge in [-0.25, -0.2) is 4.98 Å².